The van der Waals surface area contributed by atoms with E-state index in [9.17, 15) is 0 Å². The zero-order chi connectivity index (χ0) is 11.4. The van der Waals surface area contributed by atoms with E-state index in [-0.39, 0.29) is 5.82 Å². The molecule has 16 heavy (non-hydrogen) atoms. The summed E-state index contributed by atoms with van der Waals surface area (Å²) in [5, 5.41) is 12.5. The Kier molecular flexibility index (Phi) is 2.75. The molecule has 0 atom stereocenters. The molecule has 0 radical (unpaired) electrons. The van der Waals surface area contributed by atoms with Gasteiger partial charge in [-0.25, -0.2) is 20.5 Å². The number of anilines is 1. The number of rotatable bonds is 3. The molecular weight excluding hydrogens is 206 g/mol. The highest BCUT2D eigenvalue weighted by atomic mass is 15.3. The highest BCUT2D eigenvalue weighted by molar-refractivity contribution is 5.35. The number of aromatic nitrogens is 4. The van der Waals surface area contributed by atoms with Crippen LogP contribution in [0.15, 0.2) is 24.7 Å². The van der Waals surface area contributed by atoms with Gasteiger partial charge in [0, 0.05) is 6.20 Å². The van der Waals surface area contributed by atoms with Crippen molar-refractivity contribution in [1.82, 2.24) is 19.7 Å². The van der Waals surface area contributed by atoms with E-state index in [1.165, 1.54) is 6.33 Å². The minimum absolute atomic E-state index is 0.159. The fourth-order valence-electron chi connectivity index (χ4n) is 1.26. The summed E-state index contributed by atoms with van der Waals surface area (Å²) >= 11 is 0. The van der Waals surface area contributed by atoms with Gasteiger partial charge in [-0.05, 0) is 17.7 Å². The maximum Gasteiger partial charge on any atom is 0.252 e. The summed E-state index contributed by atoms with van der Waals surface area (Å²) in [4.78, 5) is 7.80. The SMILES string of the molecule is N#Cc1ncn(Cc2ccnc(NN)c2)n1. The van der Waals surface area contributed by atoms with Crippen LogP contribution in [0.1, 0.15) is 11.4 Å². The minimum atomic E-state index is 0.159. The lowest BCUT2D eigenvalue weighted by molar-refractivity contribution is 0.682. The molecule has 7 heteroatoms. The summed E-state index contributed by atoms with van der Waals surface area (Å²) < 4.78 is 1.58. The molecule has 0 aliphatic rings. The van der Waals surface area contributed by atoms with Crippen LogP contribution in [-0.4, -0.2) is 19.7 Å². The first-order valence-corrected chi connectivity index (χ1v) is 4.53. The van der Waals surface area contributed by atoms with Crippen LogP contribution in [0.2, 0.25) is 0 Å². The third-order valence-electron chi connectivity index (χ3n) is 1.95. The van der Waals surface area contributed by atoms with Gasteiger partial charge in [0.2, 0.25) is 0 Å². The average Bonchev–Trinajstić information content (AvgIpc) is 2.77. The summed E-state index contributed by atoms with van der Waals surface area (Å²) in [6.07, 6.45) is 3.15. The number of nitrogens with zero attached hydrogens (tertiary/aromatic N) is 5. The van der Waals surface area contributed by atoms with Crippen molar-refractivity contribution < 1.29 is 0 Å². The molecule has 0 bridgehead atoms. The maximum atomic E-state index is 8.57. The van der Waals surface area contributed by atoms with Crippen LogP contribution in [0.4, 0.5) is 5.82 Å². The number of nitrogen functional groups attached to an aromatic ring is 1. The molecule has 0 amide bonds. The van der Waals surface area contributed by atoms with Gasteiger partial charge in [0.05, 0.1) is 6.54 Å². The molecule has 7 nitrogen and oxygen atoms in total. The zero-order valence-electron chi connectivity index (χ0n) is 8.33. The predicted molar refractivity (Wildman–Crippen MR) is 55.9 cm³/mol. The first-order chi connectivity index (χ1) is 7.81. The first kappa shape index (κ1) is 10.1. The van der Waals surface area contributed by atoms with Gasteiger partial charge < -0.3 is 5.43 Å². The fourth-order valence-corrected chi connectivity index (χ4v) is 1.26. The first-order valence-electron chi connectivity index (χ1n) is 4.53. The minimum Gasteiger partial charge on any atom is -0.308 e. The standard InChI is InChI=1S/C9H9N7/c10-4-9-13-6-16(15-9)5-7-1-2-12-8(3-7)14-11/h1-3,6H,5,11H2,(H,12,14). The molecular formula is C9H9N7. The molecule has 3 N–H and O–H groups in total. The summed E-state index contributed by atoms with van der Waals surface area (Å²) in [5.74, 6) is 5.99. The van der Waals surface area contributed by atoms with E-state index in [2.05, 4.69) is 20.5 Å². The second kappa shape index (κ2) is 4.37. The van der Waals surface area contributed by atoms with Crippen molar-refractivity contribution in [2.75, 3.05) is 5.43 Å². The number of nitrogens with one attached hydrogen (secondary N) is 1. The molecule has 80 valence electrons. The van der Waals surface area contributed by atoms with Crippen molar-refractivity contribution in [1.29, 1.82) is 5.26 Å². The van der Waals surface area contributed by atoms with Gasteiger partial charge in [0.25, 0.3) is 5.82 Å². The molecule has 0 saturated carbocycles. The van der Waals surface area contributed by atoms with Crippen molar-refractivity contribution in [2.45, 2.75) is 6.54 Å². The number of pyridine rings is 1. The molecule has 0 aromatic carbocycles. The Morgan fingerprint density at radius 1 is 1.50 bits per heavy atom. The molecule has 0 aliphatic carbocycles. The molecule has 0 spiro atoms. The topological polar surface area (TPSA) is 105 Å². The van der Waals surface area contributed by atoms with E-state index in [0.717, 1.165) is 5.56 Å². The van der Waals surface area contributed by atoms with Crippen LogP contribution in [0.25, 0.3) is 0 Å². The zero-order valence-corrected chi connectivity index (χ0v) is 8.33. The number of hydrogen-bond acceptors (Lipinski definition) is 6. The Bertz CT molecular complexity index is 525. The lowest BCUT2D eigenvalue weighted by Gasteiger charge is -2.03. The average molecular weight is 215 g/mol. The van der Waals surface area contributed by atoms with E-state index in [1.807, 2.05) is 12.1 Å². The molecule has 0 aliphatic heterocycles. The van der Waals surface area contributed by atoms with Gasteiger partial charge in [-0.15, -0.1) is 5.10 Å². The van der Waals surface area contributed by atoms with Gasteiger partial charge in [-0.3, -0.25) is 0 Å². The third-order valence-corrected chi connectivity index (χ3v) is 1.95. The Morgan fingerprint density at radius 3 is 3.06 bits per heavy atom. The van der Waals surface area contributed by atoms with Crippen LogP contribution >= 0.6 is 0 Å². The van der Waals surface area contributed by atoms with E-state index < -0.39 is 0 Å². The number of hydrogen-bond donors (Lipinski definition) is 2. The molecule has 0 fully saturated rings. The Morgan fingerprint density at radius 2 is 2.38 bits per heavy atom. The van der Waals surface area contributed by atoms with Gasteiger partial charge in [-0.2, -0.15) is 5.26 Å². The molecule has 2 aromatic heterocycles. The predicted octanol–water partition coefficient (Wildman–Crippen LogP) is -0.121. The van der Waals surface area contributed by atoms with Gasteiger partial charge >= 0.3 is 0 Å². The lowest BCUT2D eigenvalue weighted by atomic mass is 10.2. The smallest absolute Gasteiger partial charge is 0.252 e. The highest BCUT2D eigenvalue weighted by Crippen LogP contribution is 2.06. The van der Waals surface area contributed by atoms with Crippen LogP contribution in [0, 0.1) is 11.3 Å². The summed E-state index contributed by atoms with van der Waals surface area (Å²) in [5.41, 5.74) is 3.43. The van der Waals surface area contributed by atoms with Crippen molar-refractivity contribution >= 4 is 5.82 Å². The second-order valence-electron chi connectivity index (χ2n) is 3.07. The van der Waals surface area contributed by atoms with E-state index in [0.29, 0.717) is 12.4 Å². The van der Waals surface area contributed by atoms with Crippen molar-refractivity contribution in [2.24, 2.45) is 5.84 Å². The van der Waals surface area contributed by atoms with Crippen molar-refractivity contribution in [3.8, 4) is 6.07 Å². The molecule has 2 heterocycles. The summed E-state index contributed by atoms with van der Waals surface area (Å²) in [7, 11) is 0. The number of hydrazine groups is 1. The number of nitrogens with two attached hydrogens (primary N) is 1. The molecule has 0 unspecified atom stereocenters. The van der Waals surface area contributed by atoms with E-state index in [1.54, 1.807) is 16.9 Å². The van der Waals surface area contributed by atoms with Crippen molar-refractivity contribution in [3.63, 3.8) is 0 Å². The quantitative estimate of drug-likeness (QED) is 0.546. The lowest BCUT2D eigenvalue weighted by Crippen LogP contribution is -2.09. The molecule has 2 aromatic rings. The Balaban J connectivity index is 2.17. The van der Waals surface area contributed by atoms with Crippen LogP contribution < -0.4 is 11.3 Å². The van der Waals surface area contributed by atoms with Crippen LogP contribution in [0.3, 0.4) is 0 Å². The van der Waals surface area contributed by atoms with Crippen molar-refractivity contribution in [3.05, 3.63) is 36.0 Å². The van der Waals surface area contributed by atoms with E-state index in [4.69, 9.17) is 11.1 Å². The van der Waals surface area contributed by atoms with Gasteiger partial charge in [0.15, 0.2) is 0 Å². The molecule has 0 saturated heterocycles. The maximum absolute atomic E-state index is 8.57. The summed E-state index contributed by atoms with van der Waals surface area (Å²) in [6.45, 7) is 0.520. The third kappa shape index (κ3) is 2.13. The van der Waals surface area contributed by atoms with Crippen LogP contribution in [0.5, 0.6) is 0 Å². The fraction of sp³-hybridized carbons (Fsp3) is 0.111. The number of nitriles is 1. The van der Waals surface area contributed by atoms with Gasteiger partial charge in [0.1, 0.15) is 18.2 Å². The largest absolute Gasteiger partial charge is 0.308 e. The Hall–Kier alpha value is -2.46. The van der Waals surface area contributed by atoms with E-state index >= 15 is 0 Å². The normalized spacial score (nSPS) is 9.75. The second-order valence-corrected chi connectivity index (χ2v) is 3.07. The highest BCUT2D eigenvalue weighted by Gasteiger charge is 2.01. The van der Waals surface area contributed by atoms with Gasteiger partial charge in [-0.1, -0.05) is 0 Å². The molecule has 2 rings (SSSR count). The Labute approximate surface area is 91.5 Å². The van der Waals surface area contributed by atoms with Crippen LogP contribution in [-0.2, 0) is 6.54 Å². The monoisotopic (exact) mass is 215 g/mol. The summed E-state index contributed by atoms with van der Waals surface area (Å²) in [6, 6.07) is 5.51.